The van der Waals surface area contributed by atoms with E-state index in [1.165, 1.54) is 6.42 Å². The van der Waals surface area contributed by atoms with Gasteiger partial charge >= 0.3 is 0 Å². The van der Waals surface area contributed by atoms with Crippen LogP contribution in [0.2, 0.25) is 0 Å². The lowest BCUT2D eigenvalue weighted by Crippen LogP contribution is -2.44. The second-order valence-electron chi connectivity index (χ2n) is 6.33. The average molecular weight is 260 g/mol. The first-order valence-electron chi connectivity index (χ1n) is 7.10. The van der Waals surface area contributed by atoms with Crippen LogP contribution in [0.15, 0.2) is 0 Å². The minimum atomic E-state index is -2.42. The summed E-state index contributed by atoms with van der Waals surface area (Å²) in [7, 11) is -2.42. The van der Waals surface area contributed by atoms with E-state index < -0.39 is 8.03 Å². The zero-order chi connectivity index (χ0) is 13.2. The van der Waals surface area contributed by atoms with Gasteiger partial charge < -0.3 is 4.89 Å². The third-order valence-electron chi connectivity index (χ3n) is 5.23. The summed E-state index contributed by atoms with van der Waals surface area (Å²) in [6.07, 6.45) is 4.51. The van der Waals surface area contributed by atoms with Crippen LogP contribution in [0.25, 0.3) is 0 Å². The van der Waals surface area contributed by atoms with Crippen molar-refractivity contribution in [3.8, 4) is 0 Å². The molecule has 0 amide bonds. The van der Waals surface area contributed by atoms with Crippen LogP contribution in [0, 0.1) is 23.2 Å². The molecule has 0 aromatic carbocycles. The molecule has 5 unspecified atom stereocenters. The molecule has 1 rings (SSSR count). The Bertz CT molecular complexity index is 277. The minimum absolute atomic E-state index is 0.0451. The summed E-state index contributed by atoms with van der Waals surface area (Å²) in [5.74, 6) is 1.39. The lowest BCUT2D eigenvalue weighted by molar-refractivity contribution is 0.0581. The third-order valence-corrected chi connectivity index (χ3v) is 6.63. The van der Waals surface area contributed by atoms with Gasteiger partial charge in [0.1, 0.15) is 0 Å². The molecule has 1 aliphatic rings. The summed E-state index contributed by atoms with van der Waals surface area (Å²) in [5.41, 5.74) is 0.317. The Morgan fingerprint density at radius 1 is 1.41 bits per heavy atom. The minimum Gasteiger partial charge on any atom is -0.346 e. The summed E-state index contributed by atoms with van der Waals surface area (Å²) in [5, 5.41) is 0. The molecular formula is C14H29O2P. The Morgan fingerprint density at radius 3 is 2.35 bits per heavy atom. The van der Waals surface area contributed by atoms with Gasteiger partial charge in [0, 0.05) is 5.66 Å². The van der Waals surface area contributed by atoms with E-state index in [2.05, 4.69) is 34.6 Å². The summed E-state index contributed by atoms with van der Waals surface area (Å²) in [6, 6.07) is 0. The number of rotatable bonds is 4. The zero-order valence-corrected chi connectivity index (χ0v) is 13.0. The third kappa shape index (κ3) is 2.96. The molecule has 0 saturated heterocycles. The summed E-state index contributed by atoms with van der Waals surface area (Å²) >= 11 is 0. The van der Waals surface area contributed by atoms with Gasteiger partial charge in [0.2, 0.25) is 0 Å². The van der Waals surface area contributed by atoms with E-state index in [-0.39, 0.29) is 11.1 Å². The molecule has 1 saturated carbocycles. The van der Waals surface area contributed by atoms with Gasteiger partial charge in [-0.2, -0.15) is 0 Å². The molecule has 1 aliphatic carbocycles. The van der Waals surface area contributed by atoms with Crippen molar-refractivity contribution in [1.82, 2.24) is 0 Å². The first kappa shape index (κ1) is 15.2. The Kier molecular flexibility index (Phi) is 5.28. The SMILES string of the molecule is CCC1C([PH](=O)O)C(C(C)C)CCC1(C)CC. The Labute approximate surface area is 107 Å². The Hall–Kier alpha value is 0.190. The van der Waals surface area contributed by atoms with Gasteiger partial charge in [0.25, 0.3) is 0 Å². The van der Waals surface area contributed by atoms with Crippen molar-refractivity contribution in [2.24, 2.45) is 23.2 Å². The van der Waals surface area contributed by atoms with Crippen LogP contribution < -0.4 is 0 Å². The molecule has 0 heterocycles. The molecule has 5 atom stereocenters. The van der Waals surface area contributed by atoms with Gasteiger partial charge in [0.15, 0.2) is 8.03 Å². The van der Waals surface area contributed by atoms with Gasteiger partial charge in [-0.25, -0.2) is 0 Å². The van der Waals surface area contributed by atoms with E-state index in [9.17, 15) is 9.46 Å². The summed E-state index contributed by atoms with van der Waals surface area (Å²) < 4.78 is 11.8. The molecule has 17 heavy (non-hydrogen) atoms. The molecule has 102 valence electrons. The lowest BCUT2D eigenvalue weighted by atomic mass is 9.60. The van der Waals surface area contributed by atoms with Gasteiger partial charge in [0.05, 0.1) is 0 Å². The molecule has 0 radical (unpaired) electrons. The van der Waals surface area contributed by atoms with E-state index in [1.54, 1.807) is 0 Å². The van der Waals surface area contributed by atoms with Crippen LogP contribution in [0.1, 0.15) is 60.3 Å². The van der Waals surface area contributed by atoms with E-state index in [4.69, 9.17) is 0 Å². The van der Waals surface area contributed by atoms with Crippen LogP contribution in [-0.4, -0.2) is 10.6 Å². The van der Waals surface area contributed by atoms with Gasteiger partial charge in [-0.05, 0) is 36.0 Å². The van der Waals surface area contributed by atoms with Crippen molar-refractivity contribution in [2.75, 3.05) is 0 Å². The van der Waals surface area contributed by atoms with E-state index in [0.717, 1.165) is 19.3 Å². The van der Waals surface area contributed by atoms with E-state index >= 15 is 0 Å². The quantitative estimate of drug-likeness (QED) is 0.764. The van der Waals surface area contributed by atoms with Crippen molar-refractivity contribution in [3.63, 3.8) is 0 Å². The van der Waals surface area contributed by atoms with Crippen LogP contribution in [0.4, 0.5) is 0 Å². The molecule has 3 heteroatoms. The highest BCUT2D eigenvalue weighted by molar-refractivity contribution is 7.39. The normalized spacial score (nSPS) is 40.5. The monoisotopic (exact) mass is 260 g/mol. The zero-order valence-electron chi connectivity index (χ0n) is 12.0. The maximum absolute atomic E-state index is 11.8. The smallest absolute Gasteiger partial charge is 0.192 e. The molecular weight excluding hydrogens is 231 g/mol. The highest BCUT2D eigenvalue weighted by atomic mass is 31.1. The van der Waals surface area contributed by atoms with Crippen LogP contribution in [0.3, 0.4) is 0 Å². The lowest BCUT2D eigenvalue weighted by Gasteiger charge is -2.49. The fourth-order valence-corrected chi connectivity index (χ4v) is 5.78. The molecule has 1 fully saturated rings. The molecule has 0 spiro atoms. The van der Waals surface area contributed by atoms with Gasteiger partial charge in [-0.3, -0.25) is 4.57 Å². The standard InChI is InChI=1S/C14H29O2P/c1-6-12-13(17(15)16)11(10(3)4)8-9-14(12,5)7-2/h10-13,17H,6-9H2,1-5H3,(H,15,16). The molecule has 0 aromatic heterocycles. The largest absolute Gasteiger partial charge is 0.346 e. The first-order chi connectivity index (χ1) is 7.87. The Balaban J connectivity index is 3.04. The summed E-state index contributed by atoms with van der Waals surface area (Å²) in [4.78, 5) is 9.77. The van der Waals surface area contributed by atoms with Gasteiger partial charge in [-0.1, -0.05) is 47.5 Å². The first-order valence-corrected chi connectivity index (χ1v) is 8.53. The number of hydrogen-bond donors (Lipinski definition) is 1. The van der Waals surface area contributed by atoms with Gasteiger partial charge in [-0.15, -0.1) is 0 Å². The molecule has 1 N–H and O–H groups in total. The van der Waals surface area contributed by atoms with E-state index in [1.807, 2.05) is 0 Å². The second-order valence-corrected chi connectivity index (χ2v) is 7.68. The summed E-state index contributed by atoms with van der Waals surface area (Å²) in [6.45, 7) is 11.1. The molecule has 0 aliphatic heterocycles. The van der Waals surface area contributed by atoms with E-state index in [0.29, 0.717) is 17.8 Å². The second kappa shape index (κ2) is 5.89. The van der Waals surface area contributed by atoms with Crippen molar-refractivity contribution in [3.05, 3.63) is 0 Å². The predicted molar refractivity (Wildman–Crippen MR) is 74.7 cm³/mol. The van der Waals surface area contributed by atoms with Crippen LogP contribution in [0.5, 0.6) is 0 Å². The predicted octanol–water partition coefficient (Wildman–Crippen LogP) is 4.33. The maximum atomic E-state index is 11.8. The van der Waals surface area contributed by atoms with Crippen molar-refractivity contribution in [1.29, 1.82) is 0 Å². The molecule has 0 bridgehead atoms. The fraction of sp³-hybridized carbons (Fsp3) is 1.00. The number of hydrogen-bond acceptors (Lipinski definition) is 1. The van der Waals surface area contributed by atoms with Crippen molar-refractivity contribution >= 4 is 8.03 Å². The molecule has 0 aromatic rings. The Morgan fingerprint density at radius 2 is 2.00 bits per heavy atom. The highest BCUT2D eigenvalue weighted by Gasteiger charge is 2.47. The fourth-order valence-electron chi connectivity index (χ4n) is 3.88. The van der Waals surface area contributed by atoms with Crippen molar-refractivity contribution in [2.45, 2.75) is 66.0 Å². The van der Waals surface area contributed by atoms with Crippen molar-refractivity contribution < 1.29 is 9.46 Å². The van der Waals surface area contributed by atoms with Crippen LogP contribution in [-0.2, 0) is 4.57 Å². The topological polar surface area (TPSA) is 37.3 Å². The molecule has 2 nitrogen and oxygen atoms in total. The average Bonchev–Trinajstić information content (AvgIpc) is 2.27. The maximum Gasteiger partial charge on any atom is 0.192 e. The van der Waals surface area contributed by atoms with Crippen LogP contribution >= 0.6 is 8.03 Å². The highest BCUT2D eigenvalue weighted by Crippen LogP contribution is 2.55.